The predicted octanol–water partition coefficient (Wildman–Crippen LogP) is 3.64. The largest absolute Gasteiger partial charge is 0.449 e. The lowest BCUT2D eigenvalue weighted by molar-refractivity contribution is -0.120. The summed E-state index contributed by atoms with van der Waals surface area (Å²) in [5.41, 5.74) is 1.90. The number of nitrogens with one attached hydrogen (secondary N) is 2. The summed E-state index contributed by atoms with van der Waals surface area (Å²) >= 11 is 1.28. The highest BCUT2D eigenvalue weighted by Gasteiger charge is 2.10. The number of hydrogen-bond donors (Lipinski definition) is 2. The van der Waals surface area contributed by atoms with E-state index in [0.29, 0.717) is 24.0 Å². The Labute approximate surface area is 158 Å². The Bertz CT molecular complexity index is 701. The first-order chi connectivity index (χ1) is 12.5. The Hall–Kier alpha value is -2.41. The van der Waals surface area contributed by atoms with E-state index in [1.165, 1.54) is 16.9 Å². The van der Waals surface area contributed by atoms with Gasteiger partial charge in [0.15, 0.2) is 5.13 Å². The average Bonchev–Trinajstić information content (AvgIpc) is 3.04. The lowest BCUT2D eigenvalue weighted by atomic mass is 10.1. The molecule has 0 fully saturated rings. The molecule has 0 atom stereocenters. The molecule has 6 nitrogen and oxygen atoms in total. The van der Waals surface area contributed by atoms with E-state index < -0.39 is 6.09 Å². The van der Waals surface area contributed by atoms with E-state index >= 15 is 0 Å². The molecule has 0 bridgehead atoms. The second-order valence-electron chi connectivity index (χ2n) is 6.38. The van der Waals surface area contributed by atoms with Gasteiger partial charge in [-0.3, -0.25) is 10.1 Å². The molecule has 0 spiro atoms. The lowest BCUT2D eigenvalue weighted by Gasteiger charge is -2.06. The summed E-state index contributed by atoms with van der Waals surface area (Å²) in [6.07, 6.45) is 1.50. The number of benzene rings is 1. The molecule has 7 heteroatoms. The van der Waals surface area contributed by atoms with Crippen LogP contribution < -0.4 is 10.6 Å². The van der Waals surface area contributed by atoms with Gasteiger partial charge in [0.1, 0.15) is 0 Å². The quantitative estimate of drug-likeness (QED) is 0.656. The first-order valence-corrected chi connectivity index (χ1v) is 9.59. The minimum atomic E-state index is -0.523. The van der Waals surface area contributed by atoms with Gasteiger partial charge in [0.2, 0.25) is 5.91 Å². The molecule has 1 aromatic heterocycles. The average molecular weight is 375 g/mol. The Morgan fingerprint density at radius 2 is 2.00 bits per heavy atom. The molecule has 140 valence electrons. The van der Waals surface area contributed by atoms with Gasteiger partial charge >= 0.3 is 6.09 Å². The van der Waals surface area contributed by atoms with Crippen LogP contribution >= 0.6 is 11.3 Å². The maximum Gasteiger partial charge on any atom is 0.413 e. The highest BCUT2D eigenvalue weighted by Crippen LogP contribution is 2.16. The molecule has 0 saturated carbocycles. The van der Waals surface area contributed by atoms with Gasteiger partial charge in [0, 0.05) is 11.9 Å². The summed E-state index contributed by atoms with van der Waals surface area (Å²) in [5.74, 6) is 0.204. The predicted molar refractivity (Wildman–Crippen MR) is 103 cm³/mol. The third-order valence-electron chi connectivity index (χ3n) is 3.46. The standard InChI is InChI=1S/C19H25N3O3S/c1-14(2)12-25-19(24)22-18-21-16(13-26-18)11-17(23)20-10-6-9-15-7-4-3-5-8-15/h3-5,7-8,13-14H,6,9-12H2,1-2H3,(H,20,23)(H,21,22,24). The molecule has 0 aliphatic carbocycles. The van der Waals surface area contributed by atoms with E-state index in [1.807, 2.05) is 32.0 Å². The van der Waals surface area contributed by atoms with Crippen LogP contribution in [0, 0.1) is 5.92 Å². The zero-order valence-corrected chi connectivity index (χ0v) is 16.0. The molecule has 0 radical (unpaired) electrons. The van der Waals surface area contributed by atoms with Crippen LogP contribution in [0.25, 0.3) is 0 Å². The highest BCUT2D eigenvalue weighted by atomic mass is 32.1. The second kappa shape index (κ2) is 10.6. The maximum atomic E-state index is 12.0. The van der Waals surface area contributed by atoms with Crippen molar-refractivity contribution in [3.8, 4) is 0 Å². The molecule has 0 saturated heterocycles. The minimum Gasteiger partial charge on any atom is -0.449 e. The Balaban J connectivity index is 1.66. The first-order valence-electron chi connectivity index (χ1n) is 8.71. The number of aryl methyl sites for hydroxylation is 1. The molecule has 26 heavy (non-hydrogen) atoms. The van der Waals surface area contributed by atoms with Crippen LogP contribution in [0.3, 0.4) is 0 Å². The SMILES string of the molecule is CC(C)COC(=O)Nc1nc(CC(=O)NCCCc2ccccc2)cs1. The molecule has 2 N–H and O–H groups in total. The van der Waals surface area contributed by atoms with Gasteiger partial charge in [-0.15, -0.1) is 11.3 Å². The van der Waals surface area contributed by atoms with Gasteiger partial charge in [-0.2, -0.15) is 0 Å². The van der Waals surface area contributed by atoms with Gasteiger partial charge in [-0.05, 0) is 24.3 Å². The first kappa shape index (κ1) is 19.9. The highest BCUT2D eigenvalue weighted by molar-refractivity contribution is 7.13. The fourth-order valence-electron chi connectivity index (χ4n) is 2.20. The molecule has 0 aliphatic heterocycles. The minimum absolute atomic E-state index is 0.0719. The zero-order chi connectivity index (χ0) is 18.8. The van der Waals surface area contributed by atoms with Crippen molar-refractivity contribution in [3.63, 3.8) is 0 Å². The number of thiazole rings is 1. The number of anilines is 1. The summed E-state index contributed by atoms with van der Waals surface area (Å²) in [5, 5.41) is 7.68. The van der Waals surface area contributed by atoms with E-state index in [1.54, 1.807) is 5.38 Å². The van der Waals surface area contributed by atoms with Crippen molar-refractivity contribution in [2.24, 2.45) is 5.92 Å². The van der Waals surface area contributed by atoms with Gasteiger partial charge in [-0.25, -0.2) is 9.78 Å². The topological polar surface area (TPSA) is 80.3 Å². The van der Waals surface area contributed by atoms with Crippen LogP contribution in [-0.4, -0.2) is 30.1 Å². The summed E-state index contributed by atoms with van der Waals surface area (Å²) in [6.45, 7) is 4.92. The number of carbonyl (C=O) groups excluding carboxylic acids is 2. The maximum absolute atomic E-state index is 12.0. The Morgan fingerprint density at radius 3 is 2.73 bits per heavy atom. The number of aromatic nitrogens is 1. The fourth-order valence-corrected chi connectivity index (χ4v) is 2.90. The van der Waals surface area contributed by atoms with E-state index in [2.05, 4.69) is 27.8 Å². The van der Waals surface area contributed by atoms with Crippen LogP contribution in [-0.2, 0) is 22.4 Å². The molecule has 1 aromatic carbocycles. The van der Waals surface area contributed by atoms with Crippen LogP contribution in [0.1, 0.15) is 31.5 Å². The molecule has 0 unspecified atom stereocenters. The molecule has 2 rings (SSSR count). The molecular weight excluding hydrogens is 350 g/mol. The fraction of sp³-hybridized carbons (Fsp3) is 0.421. The monoisotopic (exact) mass is 375 g/mol. The van der Waals surface area contributed by atoms with E-state index in [-0.39, 0.29) is 18.2 Å². The van der Waals surface area contributed by atoms with Crippen LogP contribution in [0.5, 0.6) is 0 Å². The van der Waals surface area contributed by atoms with Crippen LogP contribution in [0.15, 0.2) is 35.7 Å². The number of carbonyl (C=O) groups is 2. The van der Waals surface area contributed by atoms with Crippen molar-refractivity contribution in [2.75, 3.05) is 18.5 Å². The molecule has 2 amide bonds. The zero-order valence-electron chi connectivity index (χ0n) is 15.2. The summed E-state index contributed by atoms with van der Waals surface area (Å²) in [6, 6.07) is 10.2. The van der Waals surface area contributed by atoms with Gasteiger partial charge < -0.3 is 10.1 Å². The van der Waals surface area contributed by atoms with E-state index in [0.717, 1.165) is 12.8 Å². The molecule has 2 aromatic rings. The third-order valence-corrected chi connectivity index (χ3v) is 4.26. The van der Waals surface area contributed by atoms with Crippen molar-refractivity contribution in [2.45, 2.75) is 33.1 Å². The van der Waals surface area contributed by atoms with Crippen LogP contribution in [0.2, 0.25) is 0 Å². The van der Waals surface area contributed by atoms with Crippen LogP contribution in [0.4, 0.5) is 9.93 Å². The van der Waals surface area contributed by atoms with Crippen molar-refractivity contribution >= 4 is 28.5 Å². The third kappa shape index (κ3) is 7.65. The van der Waals surface area contributed by atoms with E-state index in [9.17, 15) is 9.59 Å². The van der Waals surface area contributed by atoms with Crippen molar-refractivity contribution in [1.82, 2.24) is 10.3 Å². The summed E-state index contributed by atoms with van der Waals surface area (Å²) in [7, 11) is 0. The number of rotatable bonds is 9. The van der Waals surface area contributed by atoms with Crippen molar-refractivity contribution < 1.29 is 14.3 Å². The van der Waals surface area contributed by atoms with E-state index in [4.69, 9.17) is 4.74 Å². The number of ether oxygens (including phenoxy) is 1. The van der Waals surface area contributed by atoms with Gasteiger partial charge in [-0.1, -0.05) is 44.2 Å². The van der Waals surface area contributed by atoms with Crippen molar-refractivity contribution in [1.29, 1.82) is 0 Å². The molecular formula is C19H25N3O3S. The normalized spacial score (nSPS) is 10.6. The second-order valence-corrected chi connectivity index (χ2v) is 7.24. The lowest BCUT2D eigenvalue weighted by Crippen LogP contribution is -2.26. The number of hydrogen-bond acceptors (Lipinski definition) is 5. The molecule has 1 heterocycles. The smallest absolute Gasteiger partial charge is 0.413 e. The van der Waals surface area contributed by atoms with Gasteiger partial charge in [0.25, 0.3) is 0 Å². The summed E-state index contributed by atoms with van der Waals surface area (Å²) in [4.78, 5) is 27.8. The molecule has 0 aliphatic rings. The number of nitrogens with zero attached hydrogens (tertiary/aromatic N) is 1. The van der Waals surface area contributed by atoms with Gasteiger partial charge in [0.05, 0.1) is 18.7 Å². The number of amides is 2. The Kier molecular flexibility index (Phi) is 8.08. The summed E-state index contributed by atoms with van der Waals surface area (Å²) < 4.78 is 5.04. The Morgan fingerprint density at radius 1 is 1.23 bits per heavy atom. The van der Waals surface area contributed by atoms with Crippen molar-refractivity contribution in [3.05, 3.63) is 47.0 Å².